The lowest BCUT2D eigenvalue weighted by atomic mass is 10.0. The quantitative estimate of drug-likeness (QED) is 0.299. The number of benzene rings is 3. The molecule has 0 bridgehead atoms. The van der Waals surface area contributed by atoms with E-state index < -0.39 is 0 Å². The van der Waals surface area contributed by atoms with Crippen LogP contribution in [0.2, 0.25) is 0 Å². The van der Waals surface area contributed by atoms with Crippen LogP contribution in [0.15, 0.2) is 66.7 Å². The van der Waals surface area contributed by atoms with Gasteiger partial charge in [-0.3, -0.25) is 8.72 Å². The second-order valence-corrected chi connectivity index (χ2v) is 7.27. The van der Waals surface area contributed by atoms with Crippen LogP contribution >= 0.6 is 16.1 Å². The Labute approximate surface area is 182 Å². The highest BCUT2D eigenvalue weighted by Gasteiger charge is 2.16. The van der Waals surface area contributed by atoms with Gasteiger partial charge in [-0.25, -0.2) is 4.98 Å². The summed E-state index contributed by atoms with van der Waals surface area (Å²) in [7, 11) is 0. The maximum Gasteiger partial charge on any atom is 0.222 e. The van der Waals surface area contributed by atoms with Crippen molar-refractivity contribution < 1.29 is 9.53 Å². The van der Waals surface area contributed by atoms with Crippen molar-refractivity contribution in [3.8, 4) is 16.9 Å². The molecule has 4 aromatic rings. The van der Waals surface area contributed by atoms with Crippen molar-refractivity contribution in [3.63, 3.8) is 0 Å². The number of fused-ring (bicyclic) bond motifs is 1. The third-order valence-electron chi connectivity index (χ3n) is 4.61. The molecule has 0 unspecified atom stereocenters. The number of aldehydes is 1. The lowest BCUT2D eigenvalue weighted by Gasteiger charge is -2.18. The van der Waals surface area contributed by atoms with Crippen molar-refractivity contribution in [3.05, 3.63) is 72.3 Å². The first-order chi connectivity index (χ1) is 14.6. The van der Waals surface area contributed by atoms with E-state index in [-0.39, 0.29) is 5.95 Å². The Morgan fingerprint density at radius 3 is 2.60 bits per heavy atom. The number of carbonyl (C=O) groups excluding carboxylic acids is 1. The van der Waals surface area contributed by atoms with Crippen molar-refractivity contribution in [2.45, 2.75) is 6.92 Å². The van der Waals surface area contributed by atoms with Crippen molar-refractivity contribution >= 4 is 50.8 Å². The standard InChI is InChI=1S/C23H19BrN4O2/c1-2-30-21-11-8-15(14-29)12-18(21)16-9-10-20-19(13-16)22(27-23(25)26-20)28(24)17-6-4-3-5-7-17/h3-14H,2H2,1H3,(H2,25,26,27). The molecule has 1 heterocycles. The van der Waals surface area contributed by atoms with Gasteiger partial charge in [-0.2, -0.15) is 4.98 Å². The van der Waals surface area contributed by atoms with E-state index in [4.69, 9.17) is 10.5 Å². The van der Waals surface area contributed by atoms with E-state index in [2.05, 4.69) is 26.1 Å². The molecule has 0 atom stereocenters. The van der Waals surface area contributed by atoms with E-state index in [0.717, 1.165) is 28.5 Å². The van der Waals surface area contributed by atoms with Crippen molar-refractivity contribution in [2.75, 3.05) is 16.3 Å². The number of nitrogens with two attached hydrogens (primary N) is 1. The molecular weight excluding hydrogens is 444 g/mol. The average molecular weight is 463 g/mol. The van der Waals surface area contributed by atoms with Gasteiger partial charge in [-0.05, 0) is 55.0 Å². The van der Waals surface area contributed by atoms with Gasteiger partial charge in [0.2, 0.25) is 5.95 Å². The van der Waals surface area contributed by atoms with Crippen molar-refractivity contribution in [1.29, 1.82) is 0 Å². The molecule has 1 aromatic heterocycles. The van der Waals surface area contributed by atoms with Crippen LogP contribution in [0, 0.1) is 0 Å². The molecule has 0 amide bonds. The third kappa shape index (κ3) is 3.84. The Balaban J connectivity index is 1.91. The van der Waals surface area contributed by atoms with Crippen LogP contribution in [-0.2, 0) is 0 Å². The minimum Gasteiger partial charge on any atom is -0.493 e. The Morgan fingerprint density at radius 1 is 1.07 bits per heavy atom. The molecule has 0 fully saturated rings. The number of para-hydroxylation sites is 1. The Morgan fingerprint density at radius 2 is 1.87 bits per heavy atom. The second-order valence-electron chi connectivity index (χ2n) is 6.56. The number of aromatic nitrogens is 2. The molecular formula is C23H19BrN4O2. The molecule has 3 aromatic carbocycles. The fourth-order valence-corrected chi connectivity index (χ4v) is 3.76. The number of anilines is 3. The van der Waals surface area contributed by atoms with Gasteiger partial charge in [-0.15, -0.1) is 0 Å². The molecule has 4 rings (SSSR count). The predicted molar refractivity (Wildman–Crippen MR) is 123 cm³/mol. The largest absolute Gasteiger partial charge is 0.493 e. The zero-order valence-electron chi connectivity index (χ0n) is 16.2. The minimum absolute atomic E-state index is 0.184. The molecule has 0 saturated carbocycles. The van der Waals surface area contributed by atoms with Gasteiger partial charge < -0.3 is 10.5 Å². The fourth-order valence-electron chi connectivity index (χ4n) is 3.26. The molecule has 30 heavy (non-hydrogen) atoms. The maximum atomic E-state index is 11.3. The molecule has 7 heteroatoms. The van der Waals surface area contributed by atoms with Gasteiger partial charge >= 0.3 is 0 Å². The molecule has 150 valence electrons. The molecule has 6 nitrogen and oxygen atoms in total. The van der Waals surface area contributed by atoms with Gasteiger partial charge in [0.1, 0.15) is 12.0 Å². The lowest BCUT2D eigenvalue weighted by molar-refractivity contribution is 0.112. The summed E-state index contributed by atoms with van der Waals surface area (Å²) >= 11 is 3.61. The summed E-state index contributed by atoms with van der Waals surface area (Å²) in [6.07, 6.45) is 0.825. The zero-order chi connectivity index (χ0) is 21.1. The monoisotopic (exact) mass is 462 g/mol. The number of ether oxygens (including phenoxy) is 1. The first-order valence-corrected chi connectivity index (χ1v) is 10.1. The van der Waals surface area contributed by atoms with E-state index in [1.807, 2.05) is 67.6 Å². The summed E-state index contributed by atoms with van der Waals surface area (Å²) in [5.74, 6) is 1.51. The average Bonchev–Trinajstić information content (AvgIpc) is 2.79. The van der Waals surface area contributed by atoms with E-state index in [0.29, 0.717) is 29.3 Å². The van der Waals surface area contributed by atoms with Crippen molar-refractivity contribution in [2.24, 2.45) is 0 Å². The topological polar surface area (TPSA) is 81.3 Å². The Kier molecular flexibility index (Phi) is 5.63. The number of halogens is 1. The molecule has 0 aliphatic heterocycles. The van der Waals surface area contributed by atoms with Gasteiger partial charge in [0.25, 0.3) is 0 Å². The van der Waals surface area contributed by atoms with Gasteiger partial charge in [-0.1, -0.05) is 24.3 Å². The van der Waals surface area contributed by atoms with Gasteiger partial charge in [0, 0.05) is 16.5 Å². The summed E-state index contributed by atoms with van der Waals surface area (Å²) in [5, 5.41) is 0.807. The first-order valence-electron chi connectivity index (χ1n) is 9.41. The summed E-state index contributed by atoms with van der Waals surface area (Å²) < 4.78 is 7.58. The predicted octanol–water partition coefficient (Wildman–Crippen LogP) is 5.54. The maximum absolute atomic E-state index is 11.3. The summed E-state index contributed by atoms with van der Waals surface area (Å²) in [6.45, 7) is 2.45. The number of hydrogen-bond acceptors (Lipinski definition) is 6. The highest BCUT2D eigenvalue weighted by atomic mass is 79.9. The number of rotatable bonds is 6. The fraction of sp³-hybridized carbons (Fsp3) is 0.0870. The molecule has 0 saturated heterocycles. The molecule has 0 aliphatic rings. The van der Waals surface area contributed by atoms with Gasteiger partial charge in [0.05, 0.1) is 34.0 Å². The van der Waals surface area contributed by atoms with Crippen LogP contribution < -0.4 is 14.4 Å². The summed E-state index contributed by atoms with van der Waals surface area (Å²) in [5.41, 5.74) is 9.87. The van der Waals surface area contributed by atoms with Crippen LogP contribution in [0.3, 0.4) is 0 Å². The molecule has 0 radical (unpaired) electrons. The Hall–Kier alpha value is -3.45. The van der Waals surface area contributed by atoms with Crippen LogP contribution in [0.5, 0.6) is 5.75 Å². The van der Waals surface area contributed by atoms with E-state index in [9.17, 15) is 4.79 Å². The third-order valence-corrected chi connectivity index (χ3v) is 5.36. The number of nitrogen functional groups attached to an aromatic ring is 1. The molecule has 0 aliphatic carbocycles. The molecule has 0 spiro atoms. The van der Waals surface area contributed by atoms with Gasteiger partial charge in [0.15, 0.2) is 5.82 Å². The highest BCUT2D eigenvalue weighted by Crippen LogP contribution is 2.37. The highest BCUT2D eigenvalue weighted by molar-refractivity contribution is 9.10. The number of nitrogens with zero attached hydrogens (tertiary/aromatic N) is 3. The number of hydrogen-bond donors (Lipinski definition) is 1. The number of carbonyl (C=O) groups is 1. The summed E-state index contributed by atoms with van der Waals surface area (Å²) in [4.78, 5) is 20.2. The SMILES string of the molecule is CCOc1ccc(C=O)cc1-c1ccc2nc(N)nc(N(Br)c3ccccc3)c2c1. The van der Waals surface area contributed by atoms with Crippen molar-refractivity contribution in [1.82, 2.24) is 9.97 Å². The summed E-state index contributed by atoms with van der Waals surface area (Å²) in [6, 6.07) is 20.9. The second kappa shape index (κ2) is 8.51. The van der Waals surface area contributed by atoms with Crippen LogP contribution in [0.4, 0.5) is 17.5 Å². The van der Waals surface area contributed by atoms with E-state index in [1.165, 1.54) is 0 Å². The minimum atomic E-state index is 0.184. The normalized spacial score (nSPS) is 10.7. The smallest absolute Gasteiger partial charge is 0.222 e. The van der Waals surface area contributed by atoms with E-state index >= 15 is 0 Å². The lowest BCUT2D eigenvalue weighted by Crippen LogP contribution is -2.07. The van der Waals surface area contributed by atoms with E-state index in [1.54, 1.807) is 9.99 Å². The Bertz CT molecular complexity index is 1210. The van der Waals surface area contributed by atoms with Crippen LogP contribution in [0.1, 0.15) is 17.3 Å². The molecule has 2 N–H and O–H groups in total. The zero-order valence-corrected chi connectivity index (χ0v) is 17.8. The van der Waals surface area contributed by atoms with Crippen LogP contribution in [-0.4, -0.2) is 22.9 Å². The first kappa shape index (κ1) is 19.8. The van der Waals surface area contributed by atoms with Crippen LogP contribution in [0.25, 0.3) is 22.0 Å².